The summed E-state index contributed by atoms with van der Waals surface area (Å²) in [5.41, 5.74) is 1.55. The van der Waals surface area contributed by atoms with Crippen LogP contribution in [-0.2, 0) is 11.4 Å². The molecule has 0 amide bonds. The van der Waals surface area contributed by atoms with Gasteiger partial charge in [-0.1, -0.05) is 15.3 Å². The van der Waals surface area contributed by atoms with Gasteiger partial charge in [-0.3, -0.25) is 4.84 Å². The molecule has 0 spiro atoms. The highest BCUT2D eigenvalue weighted by molar-refractivity contribution is 5.06. The summed E-state index contributed by atoms with van der Waals surface area (Å²) in [5.74, 6) is -0.267. The van der Waals surface area contributed by atoms with E-state index in [-0.39, 0.29) is 19.1 Å². The minimum absolute atomic E-state index is 0.251. The minimum atomic E-state index is -0.645. The molecule has 1 heterocycles. The van der Waals surface area contributed by atoms with Crippen LogP contribution in [-0.4, -0.2) is 50.8 Å². The van der Waals surface area contributed by atoms with Gasteiger partial charge in [0.1, 0.15) is 24.5 Å². The fraction of sp³-hybridized carbons (Fsp3) is 0.812. The average Bonchev–Trinajstić information content (AvgIpc) is 3.09. The van der Waals surface area contributed by atoms with E-state index in [1.165, 1.54) is 17.0 Å². The second kappa shape index (κ2) is 10.3. The van der Waals surface area contributed by atoms with Crippen molar-refractivity contribution >= 4 is 5.95 Å². The molecule has 0 fully saturated rings. The summed E-state index contributed by atoms with van der Waals surface area (Å²) in [5, 5.41) is 20.3. The molecule has 2 atom stereocenters. The van der Waals surface area contributed by atoms with Gasteiger partial charge >= 0.3 is 5.95 Å². The van der Waals surface area contributed by atoms with Gasteiger partial charge in [0.25, 0.3) is 0 Å². The Bertz CT molecular complexity index is 662. The van der Waals surface area contributed by atoms with E-state index in [2.05, 4.69) is 26.1 Å². The third-order valence-corrected chi connectivity index (χ3v) is 4.78. The molecule has 2 N–H and O–H groups in total. The Balaban J connectivity index is 2.48. The number of aryl methyl sites for hydroxylation is 1. The van der Waals surface area contributed by atoms with E-state index in [0.717, 1.165) is 0 Å². The number of nitrogens with zero attached hydrogens (tertiary/aromatic N) is 5. The van der Waals surface area contributed by atoms with E-state index in [1.54, 1.807) is 20.8 Å². The van der Waals surface area contributed by atoms with Crippen molar-refractivity contribution in [3.8, 4) is 0 Å². The molecule has 0 bridgehead atoms. The molecule has 1 aromatic heterocycles. The standard InChI is InChI=1S/C16H29N7O5/c1-12(19-24)15(2,3)21-28-11-8-18-16(4,5)13(20-25)6-9-22-10-7-17-14(22)23(26)27/h7,10,12-13,18,21H,6,8-9,11H2,1-5H3. The van der Waals surface area contributed by atoms with Crippen LogP contribution >= 0.6 is 0 Å². The fourth-order valence-electron chi connectivity index (χ4n) is 2.45. The van der Waals surface area contributed by atoms with E-state index in [0.29, 0.717) is 13.0 Å². The second-order valence-corrected chi connectivity index (χ2v) is 7.69. The van der Waals surface area contributed by atoms with Gasteiger partial charge in [0.05, 0.1) is 18.7 Å². The van der Waals surface area contributed by atoms with Crippen LogP contribution in [0.4, 0.5) is 5.95 Å². The van der Waals surface area contributed by atoms with Crippen LogP contribution in [0, 0.1) is 19.9 Å². The van der Waals surface area contributed by atoms with Gasteiger partial charge < -0.3 is 15.4 Å². The SMILES string of the molecule is CC(N=O)C(C)(C)NOCCNC(C)(C)C(CCn1ccnc1[N+](=O)[O-])N=O. The van der Waals surface area contributed by atoms with Crippen molar-refractivity contribution in [3.05, 3.63) is 32.3 Å². The third kappa shape index (κ3) is 6.69. The first-order valence-electron chi connectivity index (χ1n) is 8.99. The first-order valence-corrected chi connectivity index (χ1v) is 8.99. The maximum atomic E-state index is 11.3. The number of hydrogen-bond donors (Lipinski definition) is 2. The van der Waals surface area contributed by atoms with E-state index in [4.69, 9.17) is 4.84 Å². The minimum Gasteiger partial charge on any atom is -0.390 e. The maximum Gasteiger partial charge on any atom is 0.434 e. The Labute approximate surface area is 163 Å². The molecule has 2 unspecified atom stereocenters. The fourth-order valence-corrected chi connectivity index (χ4v) is 2.45. The molecule has 0 aliphatic heterocycles. The lowest BCUT2D eigenvalue weighted by Crippen LogP contribution is -2.51. The molecular weight excluding hydrogens is 370 g/mol. The van der Waals surface area contributed by atoms with E-state index >= 15 is 0 Å². The Morgan fingerprint density at radius 2 is 1.96 bits per heavy atom. The van der Waals surface area contributed by atoms with Crippen molar-refractivity contribution in [3.63, 3.8) is 0 Å². The molecule has 1 rings (SSSR count). The van der Waals surface area contributed by atoms with Crippen LogP contribution in [0.15, 0.2) is 22.7 Å². The maximum absolute atomic E-state index is 11.3. The molecule has 0 saturated heterocycles. The summed E-state index contributed by atoms with van der Waals surface area (Å²) in [6.07, 6.45) is 3.16. The highest BCUT2D eigenvalue weighted by Crippen LogP contribution is 2.19. The largest absolute Gasteiger partial charge is 0.434 e. The van der Waals surface area contributed by atoms with E-state index < -0.39 is 28.1 Å². The lowest BCUT2D eigenvalue weighted by atomic mass is 9.92. The topological polar surface area (TPSA) is 153 Å². The van der Waals surface area contributed by atoms with Gasteiger partial charge in [-0.2, -0.15) is 15.3 Å². The van der Waals surface area contributed by atoms with Crippen LogP contribution in [0.3, 0.4) is 0 Å². The molecule has 12 nitrogen and oxygen atoms in total. The molecule has 0 aliphatic carbocycles. The highest BCUT2D eigenvalue weighted by atomic mass is 16.6. The Kier molecular flexibility index (Phi) is 8.72. The summed E-state index contributed by atoms with van der Waals surface area (Å²) in [6.45, 7) is 9.92. The van der Waals surface area contributed by atoms with Crippen LogP contribution in [0.5, 0.6) is 0 Å². The zero-order chi connectivity index (χ0) is 21.4. The number of nitrogens with one attached hydrogen (secondary N) is 2. The molecule has 0 aromatic carbocycles. The lowest BCUT2D eigenvalue weighted by Gasteiger charge is -2.31. The van der Waals surface area contributed by atoms with Crippen molar-refractivity contribution in [2.75, 3.05) is 13.2 Å². The van der Waals surface area contributed by atoms with Gasteiger partial charge in [0, 0.05) is 18.5 Å². The van der Waals surface area contributed by atoms with Gasteiger partial charge in [-0.15, -0.1) is 0 Å². The number of nitroso groups, excluding NO2 is 2. The number of nitro groups is 1. The predicted molar refractivity (Wildman–Crippen MR) is 104 cm³/mol. The molecular formula is C16H29N7O5. The zero-order valence-electron chi connectivity index (χ0n) is 16.9. The van der Waals surface area contributed by atoms with E-state index in [9.17, 15) is 19.9 Å². The normalized spacial score (nSPS) is 14.5. The molecule has 12 heteroatoms. The van der Waals surface area contributed by atoms with Crippen molar-refractivity contribution in [1.29, 1.82) is 0 Å². The van der Waals surface area contributed by atoms with Crippen molar-refractivity contribution in [1.82, 2.24) is 20.3 Å². The Morgan fingerprint density at radius 3 is 2.54 bits per heavy atom. The Morgan fingerprint density at radius 1 is 1.29 bits per heavy atom. The lowest BCUT2D eigenvalue weighted by molar-refractivity contribution is -0.396. The average molecular weight is 399 g/mol. The van der Waals surface area contributed by atoms with Gasteiger partial charge in [-0.25, -0.2) is 4.57 Å². The number of imidazole rings is 1. The van der Waals surface area contributed by atoms with Crippen molar-refractivity contribution < 1.29 is 9.76 Å². The summed E-state index contributed by atoms with van der Waals surface area (Å²) in [7, 11) is 0. The summed E-state index contributed by atoms with van der Waals surface area (Å²) < 4.78 is 1.38. The Hall–Kier alpha value is -2.31. The first kappa shape index (κ1) is 23.7. The predicted octanol–water partition coefficient (Wildman–Crippen LogP) is 2.14. The first-order chi connectivity index (χ1) is 13.0. The van der Waals surface area contributed by atoms with Gasteiger partial charge in [0.15, 0.2) is 0 Å². The molecule has 1 aromatic rings. The van der Waals surface area contributed by atoms with Crippen LogP contribution in [0.1, 0.15) is 41.0 Å². The summed E-state index contributed by atoms with van der Waals surface area (Å²) >= 11 is 0. The second-order valence-electron chi connectivity index (χ2n) is 7.69. The number of rotatable bonds is 14. The van der Waals surface area contributed by atoms with Gasteiger partial charge in [0.2, 0.25) is 0 Å². The third-order valence-electron chi connectivity index (χ3n) is 4.78. The molecule has 28 heavy (non-hydrogen) atoms. The molecule has 158 valence electrons. The molecule has 0 radical (unpaired) electrons. The number of hydrogen-bond acceptors (Lipinski definition) is 10. The zero-order valence-corrected chi connectivity index (χ0v) is 16.9. The molecule has 0 aliphatic rings. The van der Waals surface area contributed by atoms with Crippen LogP contribution in [0.25, 0.3) is 0 Å². The summed E-state index contributed by atoms with van der Waals surface area (Å²) in [4.78, 5) is 41.4. The van der Waals surface area contributed by atoms with Gasteiger partial charge in [-0.05, 0) is 39.5 Å². The van der Waals surface area contributed by atoms with E-state index in [1.807, 2.05) is 13.8 Å². The number of hydroxylamine groups is 1. The van der Waals surface area contributed by atoms with Crippen LogP contribution in [0.2, 0.25) is 0 Å². The van der Waals surface area contributed by atoms with Crippen LogP contribution < -0.4 is 10.8 Å². The quantitative estimate of drug-likeness (QED) is 0.209. The monoisotopic (exact) mass is 399 g/mol. The van der Waals surface area contributed by atoms with Crippen molar-refractivity contribution in [2.45, 2.75) is 70.7 Å². The summed E-state index contributed by atoms with van der Waals surface area (Å²) in [6, 6.07) is -1.08. The highest BCUT2D eigenvalue weighted by Gasteiger charge is 2.31. The van der Waals surface area contributed by atoms with Crippen molar-refractivity contribution in [2.24, 2.45) is 10.4 Å². The smallest absolute Gasteiger partial charge is 0.390 e. The molecule has 0 saturated carbocycles. The number of aromatic nitrogens is 2.